The van der Waals surface area contributed by atoms with Crippen LogP contribution in [-0.4, -0.2) is 23.7 Å². The second kappa shape index (κ2) is 7.90. The van der Waals surface area contributed by atoms with E-state index < -0.39 is 10.8 Å². The van der Waals surface area contributed by atoms with Crippen molar-refractivity contribution in [1.82, 2.24) is 0 Å². The molecule has 23 heavy (non-hydrogen) atoms. The zero-order valence-electron chi connectivity index (χ0n) is 11.8. The Morgan fingerprint density at radius 1 is 1.30 bits per heavy atom. The first-order valence-electron chi connectivity index (χ1n) is 6.50. The molecule has 1 amide bonds. The number of nitro groups is 1. The van der Waals surface area contributed by atoms with E-state index in [2.05, 4.69) is 10.5 Å². The minimum Gasteiger partial charge on any atom is -0.386 e. The van der Waals surface area contributed by atoms with E-state index in [1.807, 2.05) is 30.3 Å². The molecule has 0 unspecified atom stereocenters. The highest BCUT2D eigenvalue weighted by Gasteiger charge is 2.13. The highest BCUT2D eigenvalue weighted by molar-refractivity contribution is 6.32. The SMILES string of the molecule is O=C(CO/N=C/c1ccccc1)Nc1ccc(Cl)c([N+](=O)[O-])c1. The fourth-order valence-electron chi connectivity index (χ4n) is 1.66. The van der Waals surface area contributed by atoms with Gasteiger partial charge in [0.15, 0.2) is 6.61 Å². The molecule has 7 nitrogen and oxygen atoms in total. The molecule has 118 valence electrons. The maximum atomic E-state index is 11.7. The molecule has 8 heteroatoms. The number of hydrogen-bond donors (Lipinski definition) is 1. The number of nitrogens with one attached hydrogen (secondary N) is 1. The Balaban J connectivity index is 1.86. The molecule has 0 spiro atoms. The van der Waals surface area contributed by atoms with Crippen molar-refractivity contribution in [2.24, 2.45) is 5.16 Å². The largest absolute Gasteiger partial charge is 0.386 e. The first-order chi connectivity index (χ1) is 11.1. The lowest BCUT2D eigenvalue weighted by Crippen LogP contribution is -2.17. The summed E-state index contributed by atoms with van der Waals surface area (Å²) in [6, 6.07) is 13.2. The van der Waals surface area contributed by atoms with Crippen LogP contribution in [0, 0.1) is 10.1 Å². The van der Waals surface area contributed by atoms with Crippen LogP contribution in [0.1, 0.15) is 5.56 Å². The molecule has 0 aliphatic carbocycles. The second-order valence-corrected chi connectivity index (χ2v) is 4.80. The molecule has 2 aromatic rings. The van der Waals surface area contributed by atoms with Crippen LogP contribution in [0.4, 0.5) is 11.4 Å². The van der Waals surface area contributed by atoms with Gasteiger partial charge < -0.3 is 10.2 Å². The van der Waals surface area contributed by atoms with Gasteiger partial charge in [0.25, 0.3) is 11.6 Å². The number of rotatable bonds is 6. The number of halogens is 1. The normalized spacial score (nSPS) is 10.5. The fraction of sp³-hybridized carbons (Fsp3) is 0.0667. The van der Waals surface area contributed by atoms with Gasteiger partial charge in [0.05, 0.1) is 11.1 Å². The lowest BCUT2D eigenvalue weighted by Gasteiger charge is -2.04. The van der Waals surface area contributed by atoms with Crippen LogP contribution >= 0.6 is 11.6 Å². The highest BCUT2D eigenvalue weighted by atomic mass is 35.5. The summed E-state index contributed by atoms with van der Waals surface area (Å²) >= 11 is 5.69. The number of nitrogens with zero attached hydrogens (tertiary/aromatic N) is 2. The van der Waals surface area contributed by atoms with E-state index in [9.17, 15) is 14.9 Å². The van der Waals surface area contributed by atoms with Gasteiger partial charge in [-0.25, -0.2) is 0 Å². The van der Waals surface area contributed by atoms with Crippen molar-refractivity contribution >= 4 is 35.1 Å². The van der Waals surface area contributed by atoms with Crippen LogP contribution in [0.3, 0.4) is 0 Å². The minimum absolute atomic E-state index is 0.00305. The van der Waals surface area contributed by atoms with E-state index in [0.29, 0.717) is 0 Å². The van der Waals surface area contributed by atoms with Crippen molar-refractivity contribution in [1.29, 1.82) is 0 Å². The third-order valence-electron chi connectivity index (χ3n) is 2.70. The first-order valence-corrected chi connectivity index (χ1v) is 6.88. The van der Waals surface area contributed by atoms with Gasteiger partial charge in [-0.3, -0.25) is 14.9 Å². The lowest BCUT2D eigenvalue weighted by molar-refractivity contribution is -0.384. The van der Waals surface area contributed by atoms with Gasteiger partial charge in [-0.2, -0.15) is 0 Å². The van der Waals surface area contributed by atoms with Crippen LogP contribution in [-0.2, 0) is 9.63 Å². The number of hydrogen-bond acceptors (Lipinski definition) is 5. The van der Waals surface area contributed by atoms with Crippen molar-refractivity contribution in [3.63, 3.8) is 0 Å². The van der Waals surface area contributed by atoms with E-state index in [1.54, 1.807) is 0 Å². The topological polar surface area (TPSA) is 93.8 Å². The lowest BCUT2D eigenvalue weighted by atomic mass is 10.2. The van der Waals surface area contributed by atoms with Crippen LogP contribution < -0.4 is 5.32 Å². The predicted molar refractivity (Wildman–Crippen MR) is 86.7 cm³/mol. The summed E-state index contributed by atoms with van der Waals surface area (Å²) in [6.45, 7) is -0.320. The minimum atomic E-state index is -0.626. The molecule has 0 fully saturated rings. The zero-order chi connectivity index (χ0) is 16.7. The average Bonchev–Trinajstić information content (AvgIpc) is 2.54. The van der Waals surface area contributed by atoms with E-state index in [1.165, 1.54) is 24.4 Å². The quantitative estimate of drug-likeness (QED) is 0.499. The van der Waals surface area contributed by atoms with Gasteiger partial charge in [0, 0.05) is 11.8 Å². The number of carbonyl (C=O) groups excluding carboxylic acids is 1. The van der Waals surface area contributed by atoms with E-state index in [4.69, 9.17) is 16.4 Å². The van der Waals surface area contributed by atoms with Gasteiger partial charge >= 0.3 is 0 Å². The average molecular weight is 334 g/mol. The van der Waals surface area contributed by atoms with Gasteiger partial charge in [-0.05, 0) is 17.7 Å². The number of carbonyl (C=O) groups is 1. The van der Waals surface area contributed by atoms with Gasteiger partial charge in [0.2, 0.25) is 0 Å². The zero-order valence-corrected chi connectivity index (χ0v) is 12.6. The Hall–Kier alpha value is -2.93. The van der Waals surface area contributed by atoms with Crippen molar-refractivity contribution < 1.29 is 14.6 Å². The van der Waals surface area contributed by atoms with E-state index >= 15 is 0 Å². The molecule has 0 heterocycles. The fourth-order valence-corrected chi connectivity index (χ4v) is 1.85. The highest BCUT2D eigenvalue weighted by Crippen LogP contribution is 2.27. The monoisotopic (exact) mass is 333 g/mol. The summed E-state index contributed by atoms with van der Waals surface area (Å²) in [6.07, 6.45) is 1.47. The summed E-state index contributed by atoms with van der Waals surface area (Å²) in [4.78, 5) is 26.7. The van der Waals surface area contributed by atoms with Crippen LogP contribution in [0.15, 0.2) is 53.7 Å². The molecule has 2 aromatic carbocycles. The Morgan fingerprint density at radius 3 is 2.74 bits per heavy atom. The summed E-state index contributed by atoms with van der Waals surface area (Å²) in [5, 5.41) is 16.9. The molecule has 0 aliphatic heterocycles. The third kappa shape index (κ3) is 5.08. The summed E-state index contributed by atoms with van der Waals surface area (Å²) in [5.41, 5.74) is 0.801. The van der Waals surface area contributed by atoms with Crippen LogP contribution in [0.25, 0.3) is 0 Å². The smallest absolute Gasteiger partial charge is 0.289 e. The Kier molecular flexibility index (Phi) is 5.65. The predicted octanol–water partition coefficient (Wildman–Crippen LogP) is 3.24. The Morgan fingerprint density at radius 2 is 2.04 bits per heavy atom. The van der Waals surface area contributed by atoms with Crippen molar-refractivity contribution in [2.45, 2.75) is 0 Å². The molecule has 1 N–H and O–H groups in total. The van der Waals surface area contributed by atoms with Gasteiger partial charge in [0.1, 0.15) is 5.02 Å². The summed E-state index contributed by atoms with van der Waals surface area (Å²) in [7, 11) is 0. The summed E-state index contributed by atoms with van der Waals surface area (Å²) < 4.78 is 0. The maximum Gasteiger partial charge on any atom is 0.289 e. The van der Waals surface area contributed by atoms with Crippen molar-refractivity contribution in [3.8, 4) is 0 Å². The molecular weight excluding hydrogens is 322 g/mol. The van der Waals surface area contributed by atoms with E-state index in [-0.39, 0.29) is 23.0 Å². The van der Waals surface area contributed by atoms with Gasteiger partial charge in [-0.15, -0.1) is 0 Å². The van der Waals surface area contributed by atoms with Crippen LogP contribution in [0.5, 0.6) is 0 Å². The molecule has 2 rings (SSSR count). The molecule has 0 saturated carbocycles. The molecule has 0 bridgehead atoms. The molecule has 0 saturated heterocycles. The number of anilines is 1. The van der Waals surface area contributed by atoms with E-state index in [0.717, 1.165) is 5.56 Å². The maximum absolute atomic E-state index is 11.7. The molecule has 0 radical (unpaired) electrons. The summed E-state index contributed by atoms with van der Waals surface area (Å²) in [5.74, 6) is -0.494. The molecule has 0 atom stereocenters. The number of benzene rings is 2. The van der Waals surface area contributed by atoms with Gasteiger partial charge in [-0.1, -0.05) is 47.1 Å². The third-order valence-corrected chi connectivity index (χ3v) is 3.02. The number of amides is 1. The first kappa shape index (κ1) is 16.4. The van der Waals surface area contributed by atoms with Crippen molar-refractivity contribution in [3.05, 3.63) is 69.2 Å². The second-order valence-electron chi connectivity index (χ2n) is 4.39. The standard InChI is InChI=1S/C15H12ClN3O4/c16-13-7-6-12(8-14(13)19(21)22)18-15(20)10-23-17-9-11-4-2-1-3-5-11/h1-9H,10H2,(H,18,20)/b17-9+. The molecular formula is C15H12ClN3O4. The Labute approximate surface area is 136 Å². The number of oxime groups is 1. The Bertz CT molecular complexity index is 735. The molecule has 0 aliphatic rings. The van der Waals surface area contributed by atoms with Crippen LogP contribution in [0.2, 0.25) is 5.02 Å². The number of nitro benzene ring substituents is 1. The molecule has 0 aromatic heterocycles. The van der Waals surface area contributed by atoms with Crippen molar-refractivity contribution in [2.75, 3.05) is 11.9 Å².